The van der Waals surface area contributed by atoms with Crippen molar-refractivity contribution < 1.29 is 9.47 Å². The topological polar surface area (TPSA) is 44.5 Å². The predicted molar refractivity (Wildman–Crippen MR) is 80.9 cm³/mol. The molecule has 20 heavy (non-hydrogen) atoms. The molecule has 2 N–H and O–H groups in total. The summed E-state index contributed by atoms with van der Waals surface area (Å²) >= 11 is 0. The van der Waals surface area contributed by atoms with E-state index in [9.17, 15) is 0 Å². The molecule has 0 aromatic heterocycles. The monoisotopic (exact) mass is 271 g/mol. The van der Waals surface area contributed by atoms with Gasteiger partial charge in [0.25, 0.3) is 0 Å². The summed E-state index contributed by atoms with van der Waals surface area (Å²) in [6.07, 6.45) is 1.01. The highest BCUT2D eigenvalue weighted by atomic mass is 16.5. The third-order valence-electron chi connectivity index (χ3n) is 2.93. The summed E-state index contributed by atoms with van der Waals surface area (Å²) in [5.74, 6) is 1.72. The standard InChI is InChI=1S/C17H21NO2/c1-2-10-19-16-6-8-17(9-7-16)20-13-15-5-3-4-14(11-15)12-18/h3-9,11H,2,10,12-13,18H2,1H3. The molecule has 0 atom stereocenters. The van der Waals surface area contributed by atoms with Crippen molar-refractivity contribution in [2.45, 2.75) is 26.5 Å². The average Bonchev–Trinajstić information content (AvgIpc) is 2.52. The number of hydrogen-bond acceptors (Lipinski definition) is 3. The first kappa shape index (κ1) is 14.4. The van der Waals surface area contributed by atoms with Crippen LogP contribution in [0.2, 0.25) is 0 Å². The Balaban J connectivity index is 1.89. The second-order valence-corrected chi connectivity index (χ2v) is 4.63. The van der Waals surface area contributed by atoms with Crippen molar-refractivity contribution in [2.24, 2.45) is 5.73 Å². The lowest BCUT2D eigenvalue weighted by Gasteiger charge is -2.09. The van der Waals surface area contributed by atoms with Crippen LogP contribution in [-0.2, 0) is 13.2 Å². The van der Waals surface area contributed by atoms with Gasteiger partial charge in [0, 0.05) is 6.54 Å². The Morgan fingerprint density at radius 1 is 0.900 bits per heavy atom. The van der Waals surface area contributed by atoms with Crippen molar-refractivity contribution in [3.05, 3.63) is 59.7 Å². The normalized spacial score (nSPS) is 10.3. The molecular formula is C17H21NO2. The van der Waals surface area contributed by atoms with Gasteiger partial charge in [0.2, 0.25) is 0 Å². The maximum Gasteiger partial charge on any atom is 0.120 e. The van der Waals surface area contributed by atoms with E-state index in [0.717, 1.165) is 35.7 Å². The van der Waals surface area contributed by atoms with E-state index < -0.39 is 0 Å². The fourth-order valence-corrected chi connectivity index (χ4v) is 1.87. The van der Waals surface area contributed by atoms with E-state index in [1.165, 1.54) is 0 Å². The van der Waals surface area contributed by atoms with E-state index in [0.29, 0.717) is 13.2 Å². The lowest BCUT2D eigenvalue weighted by atomic mass is 10.1. The van der Waals surface area contributed by atoms with Gasteiger partial charge in [0.1, 0.15) is 18.1 Å². The van der Waals surface area contributed by atoms with Crippen LogP contribution in [-0.4, -0.2) is 6.61 Å². The van der Waals surface area contributed by atoms with E-state index >= 15 is 0 Å². The molecule has 0 saturated carbocycles. The van der Waals surface area contributed by atoms with Crippen LogP contribution in [0.3, 0.4) is 0 Å². The molecule has 2 aromatic rings. The van der Waals surface area contributed by atoms with Crippen molar-refractivity contribution in [1.82, 2.24) is 0 Å². The number of nitrogens with two attached hydrogens (primary N) is 1. The van der Waals surface area contributed by atoms with E-state index in [2.05, 4.69) is 13.0 Å². The van der Waals surface area contributed by atoms with Crippen LogP contribution in [0, 0.1) is 0 Å². The van der Waals surface area contributed by atoms with Gasteiger partial charge in [-0.05, 0) is 41.8 Å². The van der Waals surface area contributed by atoms with Crippen LogP contribution in [0.4, 0.5) is 0 Å². The highest BCUT2D eigenvalue weighted by molar-refractivity contribution is 5.31. The molecule has 3 heteroatoms. The molecule has 0 bridgehead atoms. The number of hydrogen-bond donors (Lipinski definition) is 1. The minimum absolute atomic E-state index is 0.545. The van der Waals surface area contributed by atoms with Gasteiger partial charge in [-0.25, -0.2) is 0 Å². The summed E-state index contributed by atoms with van der Waals surface area (Å²) in [6, 6.07) is 15.8. The highest BCUT2D eigenvalue weighted by Crippen LogP contribution is 2.19. The molecule has 0 fully saturated rings. The fraction of sp³-hybridized carbons (Fsp3) is 0.294. The summed E-state index contributed by atoms with van der Waals surface area (Å²) < 4.78 is 11.3. The van der Waals surface area contributed by atoms with E-state index in [1.54, 1.807) is 0 Å². The Labute approximate surface area is 120 Å². The van der Waals surface area contributed by atoms with Crippen molar-refractivity contribution in [2.75, 3.05) is 6.61 Å². The molecule has 0 aliphatic rings. The lowest BCUT2D eigenvalue weighted by Crippen LogP contribution is -2.00. The Morgan fingerprint density at radius 3 is 2.20 bits per heavy atom. The van der Waals surface area contributed by atoms with Gasteiger partial charge in [0.05, 0.1) is 6.61 Å². The van der Waals surface area contributed by atoms with Crippen molar-refractivity contribution in [1.29, 1.82) is 0 Å². The van der Waals surface area contributed by atoms with Crippen LogP contribution in [0.5, 0.6) is 11.5 Å². The zero-order chi connectivity index (χ0) is 14.2. The maximum absolute atomic E-state index is 5.75. The Hall–Kier alpha value is -2.00. The molecule has 0 aliphatic carbocycles. The van der Waals surface area contributed by atoms with Gasteiger partial charge in [-0.15, -0.1) is 0 Å². The van der Waals surface area contributed by atoms with E-state index in [-0.39, 0.29) is 0 Å². The summed E-state index contributed by atoms with van der Waals surface area (Å²) in [7, 11) is 0. The minimum Gasteiger partial charge on any atom is -0.494 e. The van der Waals surface area contributed by atoms with Crippen molar-refractivity contribution >= 4 is 0 Å². The predicted octanol–water partition coefficient (Wildman–Crippen LogP) is 3.51. The summed E-state index contributed by atoms with van der Waals surface area (Å²) in [5.41, 5.74) is 7.87. The molecule has 0 unspecified atom stereocenters. The Kier molecular flexibility index (Phi) is 5.44. The number of ether oxygens (including phenoxy) is 2. The number of rotatable bonds is 7. The first-order valence-electron chi connectivity index (χ1n) is 6.95. The van der Waals surface area contributed by atoms with Crippen molar-refractivity contribution in [3.8, 4) is 11.5 Å². The molecule has 0 spiro atoms. The number of benzene rings is 2. The highest BCUT2D eigenvalue weighted by Gasteiger charge is 1.99. The smallest absolute Gasteiger partial charge is 0.120 e. The van der Waals surface area contributed by atoms with Crippen LogP contribution in [0.1, 0.15) is 24.5 Å². The second-order valence-electron chi connectivity index (χ2n) is 4.63. The van der Waals surface area contributed by atoms with Gasteiger partial charge in [-0.2, -0.15) is 0 Å². The van der Waals surface area contributed by atoms with Crippen molar-refractivity contribution in [3.63, 3.8) is 0 Å². The van der Waals surface area contributed by atoms with Gasteiger partial charge in [-0.3, -0.25) is 0 Å². The van der Waals surface area contributed by atoms with Gasteiger partial charge < -0.3 is 15.2 Å². The SMILES string of the molecule is CCCOc1ccc(OCc2cccc(CN)c2)cc1. The van der Waals surface area contributed by atoms with Crippen LogP contribution < -0.4 is 15.2 Å². The molecule has 3 nitrogen and oxygen atoms in total. The first-order chi connectivity index (χ1) is 9.81. The minimum atomic E-state index is 0.545. The molecule has 2 rings (SSSR count). The lowest BCUT2D eigenvalue weighted by molar-refractivity contribution is 0.301. The zero-order valence-corrected chi connectivity index (χ0v) is 11.8. The summed E-state index contributed by atoms with van der Waals surface area (Å²) in [4.78, 5) is 0. The third-order valence-corrected chi connectivity index (χ3v) is 2.93. The van der Waals surface area contributed by atoms with Gasteiger partial charge in [0.15, 0.2) is 0 Å². The van der Waals surface area contributed by atoms with Gasteiger partial charge in [-0.1, -0.05) is 31.2 Å². The third kappa shape index (κ3) is 4.28. The first-order valence-corrected chi connectivity index (χ1v) is 6.95. The Bertz CT molecular complexity index is 523. The quantitative estimate of drug-likeness (QED) is 0.838. The second kappa shape index (κ2) is 7.56. The van der Waals surface area contributed by atoms with E-state index in [1.807, 2.05) is 42.5 Å². The molecule has 106 valence electrons. The summed E-state index contributed by atoms with van der Waals surface area (Å²) in [6.45, 7) is 3.93. The van der Waals surface area contributed by atoms with Crippen LogP contribution >= 0.6 is 0 Å². The summed E-state index contributed by atoms with van der Waals surface area (Å²) in [5, 5.41) is 0. The van der Waals surface area contributed by atoms with Gasteiger partial charge >= 0.3 is 0 Å². The molecular weight excluding hydrogens is 250 g/mol. The van der Waals surface area contributed by atoms with Crippen LogP contribution in [0.15, 0.2) is 48.5 Å². The molecule has 0 heterocycles. The Morgan fingerprint density at radius 2 is 1.55 bits per heavy atom. The molecule has 0 radical (unpaired) electrons. The molecule has 2 aromatic carbocycles. The molecule has 0 aliphatic heterocycles. The van der Waals surface area contributed by atoms with Crippen LogP contribution in [0.25, 0.3) is 0 Å². The molecule has 0 amide bonds. The fourth-order valence-electron chi connectivity index (χ4n) is 1.87. The zero-order valence-electron chi connectivity index (χ0n) is 11.8. The molecule has 0 saturated heterocycles. The maximum atomic E-state index is 5.75. The largest absolute Gasteiger partial charge is 0.494 e. The van der Waals surface area contributed by atoms with E-state index in [4.69, 9.17) is 15.2 Å². The average molecular weight is 271 g/mol.